The lowest BCUT2D eigenvalue weighted by atomic mass is 9.98. The summed E-state index contributed by atoms with van der Waals surface area (Å²) in [6.07, 6.45) is 2.54. The zero-order chi connectivity index (χ0) is 14.0. The normalized spacial score (nSPS) is 26.7. The average molecular weight is 262 g/mol. The Hall–Kier alpha value is -1.32. The number of rotatable bonds is 4. The van der Waals surface area contributed by atoms with Crippen LogP contribution in [0, 0.1) is 11.8 Å². The van der Waals surface area contributed by atoms with E-state index in [0.717, 1.165) is 23.4 Å². The van der Waals surface area contributed by atoms with E-state index in [1.807, 2.05) is 13.1 Å². The molecule has 3 unspecified atom stereocenters. The van der Waals surface area contributed by atoms with Gasteiger partial charge in [0.25, 0.3) is 0 Å². The van der Waals surface area contributed by atoms with Crippen molar-refractivity contribution < 1.29 is 0 Å². The summed E-state index contributed by atoms with van der Waals surface area (Å²) in [5.74, 6) is 4.58. The minimum Gasteiger partial charge on any atom is -0.373 e. The summed E-state index contributed by atoms with van der Waals surface area (Å²) >= 11 is 0. The first kappa shape index (κ1) is 14.1. The second-order valence-corrected chi connectivity index (χ2v) is 6.07. The molecule has 1 aromatic heterocycles. The summed E-state index contributed by atoms with van der Waals surface area (Å²) in [6, 6.07) is 2.54. The second kappa shape index (κ2) is 5.76. The van der Waals surface area contributed by atoms with E-state index in [-0.39, 0.29) is 0 Å². The van der Waals surface area contributed by atoms with Gasteiger partial charge in [0.1, 0.15) is 17.5 Å². The molecule has 0 bridgehead atoms. The van der Waals surface area contributed by atoms with Crippen LogP contribution in [-0.4, -0.2) is 23.1 Å². The predicted molar refractivity (Wildman–Crippen MR) is 80.6 cm³/mol. The summed E-state index contributed by atoms with van der Waals surface area (Å²) in [5, 5.41) is 6.72. The van der Waals surface area contributed by atoms with Crippen LogP contribution in [0.25, 0.3) is 0 Å². The van der Waals surface area contributed by atoms with Crippen molar-refractivity contribution in [2.24, 2.45) is 11.8 Å². The van der Waals surface area contributed by atoms with Gasteiger partial charge in [-0.3, -0.25) is 0 Å². The first-order valence-electron chi connectivity index (χ1n) is 7.34. The van der Waals surface area contributed by atoms with Crippen LogP contribution >= 0.6 is 0 Å². The Morgan fingerprint density at radius 1 is 1.16 bits per heavy atom. The molecule has 0 aromatic carbocycles. The third-order valence-electron chi connectivity index (χ3n) is 4.31. The molecule has 1 aliphatic rings. The minimum absolute atomic E-state index is 0.341. The van der Waals surface area contributed by atoms with Gasteiger partial charge in [-0.05, 0) is 24.7 Å². The molecule has 106 valence electrons. The number of anilines is 2. The van der Waals surface area contributed by atoms with E-state index in [4.69, 9.17) is 0 Å². The number of hydrogen-bond donors (Lipinski definition) is 2. The number of nitrogens with one attached hydrogen (secondary N) is 2. The van der Waals surface area contributed by atoms with Crippen LogP contribution in [-0.2, 0) is 0 Å². The largest absolute Gasteiger partial charge is 0.373 e. The summed E-state index contributed by atoms with van der Waals surface area (Å²) in [6.45, 7) is 8.92. The Morgan fingerprint density at radius 2 is 1.84 bits per heavy atom. The summed E-state index contributed by atoms with van der Waals surface area (Å²) < 4.78 is 0. The molecule has 19 heavy (non-hydrogen) atoms. The predicted octanol–water partition coefficient (Wildman–Crippen LogP) is 3.49. The van der Waals surface area contributed by atoms with Gasteiger partial charge in [-0.25, -0.2) is 9.97 Å². The first-order chi connectivity index (χ1) is 9.01. The lowest BCUT2D eigenvalue weighted by Gasteiger charge is -2.21. The van der Waals surface area contributed by atoms with Gasteiger partial charge in [-0.2, -0.15) is 0 Å². The fraction of sp³-hybridized carbons (Fsp3) is 0.733. The zero-order valence-corrected chi connectivity index (χ0v) is 12.7. The van der Waals surface area contributed by atoms with Crippen LogP contribution in [0.4, 0.5) is 11.6 Å². The van der Waals surface area contributed by atoms with Crippen molar-refractivity contribution in [3.05, 3.63) is 11.9 Å². The van der Waals surface area contributed by atoms with Crippen molar-refractivity contribution in [2.45, 2.75) is 52.5 Å². The van der Waals surface area contributed by atoms with Crippen molar-refractivity contribution in [3.8, 4) is 0 Å². The highest BCUT2D eigenvalue weighted by molar-refractivity contribution is 5.48. The maximum absolute atomic E-state index is 4.64. The van der Waals surface area contributed by atoms with Gasteiger partial charge in [-0.15, -0.1) is 0 Å². The van der Waals surface area contributed by atoms with Gasteiger partial charge in [0.2, 0.25) is 0 Å². The lowest BCUT2D eigenvalue weighted by Crippen LogP contribution is -2.25. The third-order valence-corrected chi connectivity index (χ3v) is 4.31. The lowest BCUT2D eigenvalue weighted by molar-refractivity contribution is 0.435. The van der Waals surface area contributed by atoms with Crippen LogP contribution in [0.15, 0.2) is 6.07 Å². The van der Waals surface area contributed by atoms with E-state index in [2.05, 4.69) is 48.3 Å². The topological polar surface area (TPSA) is 49.8 Å². The van der Waals surface area contributed by atoms with Crippen LogP contribution in [0.1, 0.15) is 52.3 Å². The van der Waals surface area contributed by atoms with E-state index in [1.165, 1.54) is 12.8 Å². The SMILES string of the molecule is CNc1cc(NC2CCC(C)C2C)nc(C(C)C)n1. The van der Waals surface area contributed by atoms with Gasteiger partial charge in [0, 0.05) is 25.1 Å². The number of hydrogen-bond acceptors (Lipinski definition) is 4. The number of aromatic nitrogens is 2. The molecule has 3 atom stereocenters. The Bertz CT molecular complexity index is 430. The molecule has 2 rings (SSSR count). The van der Waals surface area contributed by atoms with Gasteiger partial charge >= 0.3 is 0 Å². The Balaban J connectivity index is 2.17. The maximum atomic E-state index is 4.64. The molecule has 0 spiro atoms. The molecular weight excluding hydrogens is 236 g/mol. The summed E-state index contributed by atoms with van der Waals surface area (Å²) in [4.78, 5) is 9.14. The van der Waals surface area contributed by atoms with Gasteiger partial charge in [0.15, 0.2) is 0 Å². The van der Waals surface area contributed by atoms with Crippen molar-refractivity contribution >= 4 is 11.6 Å². The zero-order valence-electron chi connectivity index (χ0n) is 12.7. The van der Waals surface area contributed by atoms with E-state index >= 15 is 0 Å². The Labute approximate surface area is 116 Å². The van der Waals surface area contributed by atoms with Crippen LogP contribution in [0.2, 0.25) is 0 Å². The van der Waals surface area contributed by atoms with Crippen molar-refractivity contribution in [1.82, 2.24) is 9.97 Å². The Kier molecular flexibility index (Phi) is 4.27. The molecule has 1 fully saturated rings. The monoisotopic (exact) mass is 262 g/mol. The second-order valence-electron chi connectivity index (χ2n) is 6.07. The highest BCUT2D eigenvalue weighted by atomic mass is 15.1. The van der Waals surface area contributed by atoms with E-state index in [1.54, 1.807) is 0 Å². The smallest absolute Gasteiger partial charge is 0.135 e. The first-order valence-corrected chi connectivity index (χ1v) is 7.34. The molecule has 0 radical (unpaired) electrons. The molecule has 1 saturated carbocycles. The molecule has 0 saturated heterocycles. The molecule has 0 aliphatic heterocycles. The molecule has 4 heteroatoms. The van der Waals surface area contributed by atoms with Crippen molar-refractivity contribution in [1.29, 1.82) is 0 Å². The van der Waals surface area contributed by atoms with E-state index < -0.39 is 0 Å². The third kappa shape index (κ3) is 3.17. The summed E-state index contributed by atoms with van der Waals surface area (Å²) in [5.41, 5.74) is 0. The van der Waals surface area contributed by atoms with E-state index in [0.29, 0.717) is 17.9 Å². The molecule has 0 amide bonds. The maximum Gasteiger partial charge on any atom is 0.135 e. The molecule has 1 aliphatic carbocycles. The molecule has 1 aromatic rings. The van der Waals surface area contributed by atoms with Gasteiger partial charge < -0.3 is 10.6 Å². The fourth-order valence-electron chi connectivity index (χ4n) is 2.68. The van der Waals surface area contributed by atoms with Gasteiger partial charge in [0.05, 0.1) is 0 Å². The molecule has 4 nitrogen and oxygen atoms in total. The quantitative estimate of drug-likeness (QED) is 0.872. The van der Waals surface area contributed by atoms with Gasteiger partial charge in [-0.1, -0.05) is 27.7 Å². The molecular formula is C15H26N4. The molecule has 2 N–H and O–H groups in total. The van der Waals surface area contributed by atoms with Crippen LogP contribution in [0.3, 0.4) is 0 Å². The van der Waals surface area contributed by atoms with Crippen LogP contribution in [0.5, 0.6) is 0 Å². The van der Waals surface area contributed by atoms with E-state index in [9.17, 15) is 0 Å². The Morgan fingerprint density at radius 3 is 2.37 bits per heavy atom. The van der Waals surface area contributed by atoms with Crippen molar-refractivity contribution in [3.63, 3.8) is 0 Å². The van der Waals surface area contributed by atoms with Crippen LogP contribution < -0.4 is 10.6 Å². The summed E-state index contributed by atoms with van der Waals surface area (Å²) in [7, 11) is 1.90. The van der Waals surface area contributed by atoms with Crippen molar-refractivity contribution in [2.75, 3.05) is 17.7 Å². The highest BCUT2D eigenvalue weighted by Crippen LogP contribution is 2.33. The molecule has 1 heterocycles. The standard InChI is InChI=1S/C15H26N4/c1-9(2)15-18-13(16-5)8-14(19-15)17-12-7-6-10(3)11(12)4/h8-12H,6-7H2,1-5H3,(H2,16,17,18,19). The minimum atomic E-state index is 0.341. The number of nitrogens with zero attached hydrogens (tertiary/aromatic N) is 2. The average Bonchev–Trinajstić information content (AvgIpc) is 2.70. The highest BCUT2D eigenvalue weighted by Gasteiger charge is 2.29. The fourth-order valence-corrected chi connectivity index (χ4v) is 2.68.